The first-order valence-electron chi connectivity index (χ1n) is 10.7. The van der Waals surface area contributed by atoms with Crippen LogP contribution in [-0.2, 0) is 6.05 Å². The fourth-order valence-electron chi connectivity index (χ4n) is 3.72. The molecule has 0 aliphatic carbocycles. The molecule has 208 valence electrons. The fourth-order valence-corrected chi connectivity index (χ4v) is 5.11. The molecule has 0 saturated heterocycles. The van der Waals surface area contributed by atoms with Gasteiger partial charge in [-0.2, -0.15) is 46.9 Å². The number of allylic oxidation sites excluding steroid dienone is 1. The minimum atomic E-state index is -4.76. The second kappa shape index (κ2) is 11.4. The molecule has 2 nitrogen and oxygen atoms in total. The number of alkyl halides is 8. The zero-order valence-corrected chi connectivity index (χ0v) is 22.4. The second-order valence-corrected chi connectivity index (χ2v) is 10.7. The van der Waals surface area contributed by atoms with Crippen molar-refractivity contribution >= 4 is 58.3 Å². The molecule has 1 aliphatic heterocycles. The van der Waals surface area contributed by atoms with Gasteiger partial charge >= 0.3 is 18.4 Å². The van der Waals surface area contributed by atoms with Crippen molar-refractivity contribution < 1.29 is 35.1 Å². The molecule has 0 amide bonds. The maximum atomic E-state index is 15.3. The molecule has 0 radical (unpaired) electrons. The normalized spacial score (nSPS) is 17.3. The number of hydrogen-bond acceptors (Lipinski definition) is 3. The molecule has 2 aromatic carbocycles. The number of hydrogen-bond donors (Lipinski definition) is 1. The molecule has 0 spiro atoms. The van der Waals surface area contributed by atoms with E-state index >= 15 is 8.78 Å². The molecule has 2 aromatic rings. The molecular weight excluding hydrogens is 607 g/mol. The van der Waals surface area contributed by atoms with Crippen molar-refractivity contribution in [1.29, 1.82) is 0 Å². The SMILES string of the molecule is C=C1c2ccc(/C=C/C(c3cc(Cl)c(Cl)c(Cl)c3)C(F)(F)F)cc2C(F)(F)N1NC(C)CSCC(F)(F)F. The number of thioether (sulfide) groups is 1. The lowest BCUT2D eigenvalue weighted by Gasteiger charge is -2.30. The Morgan fingerprint density at radius 2 is 1.66 bits per heavy atom. The summed E-state index contributed by atoms with van der Waals surface area (Å²) in [6, 6.07) is 1.26. The average Bonchev–Trinajstić information content (AvgIpc) is 2.96. The van der Waals surface area contributed by atoms with Gasteiger partial charge in [0.15, 0.2) is 0 Å². The molecule has 14 heteroatoms. The second-order valence-electron chi connectivity index (χ2n) is 8.47. The summed E-state index contributed by atoms with van der Waals surface area (Å²) in [5.41, 5.74) is 1.62. The van der Waals surface area contributed by atoms with Crippen molar-refractivity contribution in [3.63, 3.8) is 0 Å². The third-order valence-electron chi connectivity index (χ3n) is 5.41. The van der Waals surface area contributed by atoms with Crippen LogP contribution in [0.5, 0.6) is 0 Å². The molecule has 0 aromatic heterocycles. The molecule has 0 fully saturated rings. The summed E-state index contributed by atoms with van der Waals surface area (Å²) in [5, 5.41) is 0.00646. The lowest BCUT2D eigenvalue weighted by atomic mass is 9.96. The summed E-state index contributed by atoms with van der Waals surface area (Å²) in [4.78, 5) is 0. The maximum absolute atomic E-state index is 15.3. The van der Waals surface area contributed by atoms with E-state index in [-0.39, 0.29) is 43.2 Å². The van der Waals surface area contributed by atoms with Crippen LogP contribution < -0.4 is 5.43 Å². The highest BCUT2D eigenvalue weighted by molar-refractivity contribution is 7.99. The largest absolute Gasteiger partial charge is 0.399 e. The molecule has 2 atom stereocenters. The molecular formula is C24H19Cl3F8N2S. The summed E-state index contributed by atoms with van der Waals surface area (Å²) in [7, 11) is 0. The molecule has 1 aliphatic rings. The first-order valence-corrected chi connectivity index (χ1v) is 13.0. The maximum Gasteiger partial charge on any atom is 0.399 e. The summed E-state index contributed by atoms with van der Waals surface area (Å²) in [6.45, 7) is 5.08. The van der Waals surface area contributed by atoms with Crippen LogP contribution in [0.2, 0.25) is 15.1 Å². The van der Waals surface area contributed by atoms with Gasteiger partial charge in [-0.05, 0) is 36.2 Å². The molecule has 3 rings (SSSR count). The van der Waals surface area contributed by atoms with E-state index in [1.54, 1.807) is 0 Å². The summed E-state index contributed by atoms with van der Waals surface area (Å²) in [5.74, 6) is -3.40. The van der Waals surface area contributed by atoms with E-state index in [0.29, 0.717) is 16.8 Å². The minimum Gasteiger partial charge on any atom is -0.242 e. The average molecular weight is 626 g/mol. The Labute approximate surface area is 232 Å². The number of hydrazine groups is 1. The number of nitrogens with zero attached hydrogens (tertiary/aromatic N) is 1. The molecule has 38 heavy (non-hydrogen) atoms. The van der Waals surface area contributed by atoms with Gasteiger partial charge in [-0.15, -0.1) is 0 Å². The van der Waals surface area contributed by atoms with Crippen molar-refractivity contribution in [1.82, 2.24) is 10.4 Å². The topological polar surface area (TPSA) is 15.3 Å². The van der Waals surface area contributed by atoms with Gasteiger partial charge in [0.1, 0.15) is 0 Å². The van der Waals surface area contributed by atoms with Gasteiger partial charge in [0.05, 0.1) is 38.0 Å². The van der Waals surface area contributed by atoms with Crippen LogP contribution in [0.4, 0.5) is 35.1 Å². The Kier molecular flexibility index (Phi) is 9.30. The fraction of sp³-hybridized carbons (Fsp3) is 0.333. The Hall–Kier alpha value is -1.66. The standard InChI is InChI=1S/C24H19Cl3F8N2S/c1-12(10-38-11-22(28,29)30)36-37-13(2)16-5-3-14(7-18(16)24(37,34)35)4-6-17(23(31,32)33)15-8-19(25)21(27)20(26)9-15/h3-9,12,17,36H,2,10-11H2,1H3/b6-4+. The van der Waals surface area contributed by atoms with Crippen LogP contribution >= 0.6 is 46.6 Å². The highest BCUT2D eigenvalue weighted by Gasteiger charge is 2.49. The predicted molar refractivity (Wildman–Crippen MR) is 136 cm³/mol. The smallest absolute Gasteiger partial charge is 0.242 e. The molecule has 0 bridgehead atoms. The highest BCUT2D eigenvalue weighted by atomic mass is 35.5. The zero-order chi connectivity index (χ0) is 28.6. The van der Waals surface area contributed by atoms with E-state index in [9.17, 15) is 26.3 Å². The number of fused-ring (bicyclic) bond motifs is 1. The third kappa shape index (κ3) is 7.10. The number of nitrogens with one attached hydrogen (secondary N) is 1. The van der Waals surface area contributed by atoms with E-state index in [4.69, 9.17) is 34.8 Å². The quantitative estimate of drug-likeness (QED) is 0.179. The van der Waals surface area contributed by atoms with E-state index in [2.05, 4.69) is 12.0 Å². The van der Waals surface area contributed by atoms with Crippen LogP contribution in [0.1, 0.15) is 35.1 Å². The highest BCUT2D eigenvalue weighted by Crippen LogP contribution is 2.47. The van der Waals surface area contributed by atoms with Gasteiger partial charge in [-0.25, -0.2) is 10.4 Å². The van der Waals surface area contributed by atoms with E-state index in [0.717, 1.165) is 30.4 Å². The molecule has 0 saturated carbocycles. The molecule has 1 heterocycles. The summed E-state index contributed by atoms with van der Waals surface area (Å²) >= 11 is 18.1. The van der Waals surface area contributed by atoms with Crippen LogP contribution in [0, 0.1) is 0 Å². The van der Waals surface area contributed by atoms with Gasteiger partial charge in [0.2, 0.25) is 0 Å². The first-order chi connectivity index (χ1) is 17.4. The van der Waals surface area contributed by atoms with Gasteiger partial charge in [0, 0.05) is 17.4 Å². The van der Waals surface area contributed by atoms with Crippen LogP contribution in [0.3, 0.4) is 0 Å². The van der Waals surface area contributed by atoms with Crippen LogP contribution in [0.15, 0.2) is 43.0 Å². The van der Waals surface area contributed by atoms with Gasteiger partial charge in [-0.3, -0.25) is 0 Å². The van der Waals surface area contributed by atoms with Crippen LogP contribution in [-0.4, -0.2) is 34.9 Å². The molecule has 2 unspecified atom stereocenters. The minimum absolute atomic E-state index is 0.0402. The van der Waals surface area contributed by atoms with Gasteiger partial charge in [0.25, 0.3) is 0 Å². The third-order valence-corrected chi connectivity index (χ3v) is 7.88. The van der Waals surface area contributed by atoms with Crippen molar-refractivity contribution in [2.24, 2.45) is 0 Å². The van der Waals surface area contributed by atoms with Crippen molar-refractivity contribution in [3.8, 4) is 0 Å². The number of rotatable bonds is 8. The summed E-state index contributed by atoms with van der Waals surface area (Å²) < 4.78 is 109. The Balaban J connectivity index is 1.84. The number of benzene rings is 2. The predicted octanol–water partition coefficient (Wildman–Crippen LogP) is 9.53. The van der Waals surface area contributed by atoms with Crippen molar-refractivity contribution in [3.05, 3.63) is 80.3 Å². The van der Waals surface area contributed by atoms with Gasteiger partial charge in [-0.1, -0.05) is 65.7 Å². The number of halogens is 11. The van der Waals surface area contributed by atoms with Crippen molar-refractivity contribution in [2.45, 2.75) is 37.3 Å². The van der Waals surface area contributed by atoms with Crippen LogP contribution in [0.25, 0.3) is 11.8 Å². The lowest BCUT2D eigenvalue weighted by Crippen LogP contribution is -2.48. The zero-order valence-electron chi connectivity index (χ0n) is 19.3. The van der Waals surface area contributed by atoms with E-state index < -0.39 is 41.7 Å². The Morgan fingerprint density at radius 3 is 2.21 bits per heavy atom. The Bertz CT molecular complexity index is 1210. The monoisotopic (exact) mass is 624 g/mol. The van der Waals surface area contributed by atoms with E-state index in [1.165, 1.54) is 19.1 Å². The van der Waals surface area contributed by atoms with Gasteiger partial charge < -0.3 is 0 Å². The van der Waals surface area contributed by atoms with Crippen molar-refractivity contribution in [2.75, 3.05) is 11.5 Å². The lowest BCUT2D eigenvalue weighted by molar-refractivity contribution is -0.141. The first kappa shape index (κ1) is 30.9. The summed E-state index contributed by atoms with van der Waals surface area (Å²) in [6.07, 6.45) is -7.31. The van der Waals surface area contributed by atoms with E-state index in [1.807, 2.05) is 0 Å². The molecule has 1 N–H and O–H groups in total. The Morgan fingerprint density at radius 1 is 1.05 bits per heavy atom.